The average molecular weight is 210 g/mol. The molecule has 3 N–H and O–H groups in total. The highest BCUT2D eigenvalue weighted by Crippen LogP contribution is 2.43. The van der Waals surface area contributed by atoms with Gasteiger partial charge >= 0.3 is 0 Å². The second-order valence-electron chi connectivity index (χ2n) is 5.32. The van der Waals surface area contributed by atoms with E-state index < -0.39 is 0 Å². The third kappa shape index (κ3) is 2.94. The minimum absolute atomic E-state index is 0.224. The zero-order valence-electron chi connectivity index (χ0n) is 9.43. The van der Waals surface area contributed by atoms with E-state index >= 15 is 0 Å². The number of hydrogen-bond donors (Lipinski definition) is 2. The van der Waals surface area contributed by atoms with E-state index in [1.165, 1.54) is 32.1 Å². The maximum Gasteiger partial charge on any atom is 0.220 e. The quantitative estimate of drug-likeness (QED) is 0.696. The molecule has 0 aliphatic heterocycles. The van der Waals surface area contributed by atoms with Crippen molar-refractivity contribution in [3.63, 3.8) is 0 Å². The van der Waals surface area contributed by atoms with Gasteiger partial charge in [-0.3, -0.25) is 4.79 Å². The number of rotatable bonds is 6. The SMILES string of the molecule is NCC1(CNC(=O)CCC2CCC2)CC1. The molecule has 2 rings (SSSR count). The Morgan fingerprint density at radius 1 is 1.40 bits per heavy atom. The van der Waals surface area contributed by atoms with Gasteiger partial charge in [0.05, 0.1) is 0 Å². The monoisotopic (exact) mass is 210 g/mol. The first-order valence-corrected chi connectivity index (χ1v) is 6.21. The summed E-state index contributed by atoms with van der Waals surface area (Å²) in [5.74, 6) is 1.06. The first-order valence-electron chi connectivity index (χ1n) is 6.21. The van der Waals surface area contributed by atoms with Gasteiger partial charge in [-0.2, -0.15) is 0 Å². The predicted octanol–water partition coefficient (Wildman–Crippen LogP) is 1.42. The Morgan fingerprint density at radius 2 is 2.13 bits per heavy atom. The van der Waals surface area contributed by atoms with Crippen LogP contribution < -0.4 is 11.1 Å². The number of amides is 1. The van der Waals surface area contributed by atoms with E-state index in [2.05, 4.69) is 5.32 Å². The third-order valence-electron chi connectivity index (χ3n) is 4.06. The van der Waals surface area contributed by atoms with Crippen molar-refractivity contribution in [1.82, 2.24) is 5.32 Å². The van der Waals surface area contributed by atoms with Crippen LogP contribution in [0.5, 0.6) is 0 Å². The normalized spacial score (nSPS) is 23.3. The zero-order chi connectivity index (χ0) is 10.7. The fourth-order valence-electron chi connectivity index (χ4n) is 2.12. The zero-order valence-corrected chi connectivity index (χ0v) is 9.43. The summed E-state index contributed by atoms with van der Waals surface area (Å²) in [6.45, 7) is 1.52. The summed E-state index contributed by atoms with van der Waals surface area (Å²) in [7, 11) is 0. The second kappa shape index (κ2) is 4.52. The summed E-state index contributed by atoms with van der Waals surface area (Å²) in [5.41, 5.74) is 5.93. The molecule has 3 nitrogen and oxygen atoms in total. The first-order chi connectivity index (χ1) is 7.24. The van der Waals surface area contributed by atoms with Crippen molar-refractivity contribution in [2.45, 2.75) is 44.9 Å². The lowest BCUT2D eigenvalue weighted by atomic mass is 9.82. The Labute approximate surface area is 91.8 Å². The molecule has 2 saturated carbocycles. The van der Waals surface area contributed by atoms with E-state index in [9.17, 15) is 4.79 Å². The van der Waals surface area contributed by atoms with Crippen molar-refractivity contribution in [1.29, 1.82) is 0 Å². The highest BCUT2D eigenvalue weighted by Gasteiger charge is 2.41. The summed E-state index contributed by atoms with van der Waals surface area (Å²) >= 11 is 0. The molecule has 0 aromatic rings. The molecule has 0 bridgehead atoms. The van der Waals surface area contributed by atoms with Gasteiger partial charge in [-0.1, -0.05) is 19.3 Å². The lowest BCUT2D eigenvalue weighted by molar-refractivity contribution is -0.121. The summed E-state index contributed by atoms with van der Waals surface area (Å²) in [4.78, 5) is 11.5. The fraction of sp³-hybridized carbons (Fsp3) is 0.917. The molecule has 2 aliphatic rings. The van der Waals surface area contributed by atoms with E-state index in [0.29, 0.717) is 6.42 Å². The largest absolute Gasteiger partial charge is 0.355 e. The lowest BCUT2D eigenvalue weighted by Gasteiger charge is -2.24. The number of hydrogen-bond acceptors (Lipinski definition) is 2. The molecule has 2 fully saturated rings. The number of nitrogens with one attached hydrogen (secondary N) is 1. The fourth-order valence-corrected chi connectivity index (χ4v) is 2.12. The standard InChI is InChI=1S/C12H22N2O/c13-8-12(6-7-12)9-14-11(15)5-4-10-2-1-3-10/h10H,1-9,13H2,(H,14,15). The number of carbonyl (C=O) groups excluding carboxylic acids is 1. The van der Waals surface area contributed by atoms with Gasteiger partial charge in [0.25, 0.3) is 0 Å². The number of nitrogens with two attached hydrogens (primary N) is 1. The van der Waals surface area contributed by atoms with E-state index in [4.69, 9.17) is 5.73 Å². The molecule has 15 heavy (non-hydrogen) atoms. The minimum Gasteiger partial charge on any atom is -0.355 e. The van der Waals surface area contributed by atoms with Crippen LogP contribution in [-0.2, 0) is 4.79 Å². The Morgan fingerprint density at radius 3 is 2.60 bits per heavy atom. The molecule has 3 heteroatoms. The molecule has 0 heterocycles. The van der Waals surface area contributed by atoms with Crippen LogP contribution in [-0.4, -0.2) is 19.0 Å². The predicted molar refractivity (Wildman–Crippen MR) is 60.3 cm³/mol. The van der Waals surface area contributed by atoms with Crippen LogP contribution in [0.2, 0.25) is 0 Å². The molecule has 0 spiro atoms. The summed E-state index contributed by atoms with van der Waals surface area (Å²) in [6.07, 6.45) is 8.20. The van der Waals surface area contributed by atoms with Crippen molar-refractivity contribution < 1.29 is 4.79 Å². The van der Waals surface area contributed by atoms with Gasteiger partial charge in [-0.15, -0.1) is 0 Å². The summed E-state index contributed by atoms with van der Waals surface area (Å²) < 4.78 is 0. The van der Waals surface area contributed by atoms with Crippen molar-refractivity contribution >= 4 is 5.91 Å². The van der Waals surface area contributed by atoms with Crippen LogP contribution in [0.4, 0.5) is 0 Å². The van der Waals surface area contributed by atoms with Crippen LogP contribution in [0.1, 0.15) is 44.9 Å². The topological polar surface area (TPSA) is 55.1 Å². The molecular weight excluding hydrogens is 188 g/mol. The van der Waals surface area contributed by atoms with Crippen molar-refractivity contribution in [3.05, 3.63) is 0 Å². The van der Waals surface area contributed by atoms with E-state index in [1.54, 1.807) is 0 Å². The summed E-state index contributed by atoms with van der Waals surface area (Å²) in [6, 6.07) is 0. The molecular formula is C12H22N2O. The number of carbonyl (C=O) groups is 1. The molecule has 2 aliphatic carbocycles. The molecule has 0 saturated heterocycles. The molecule has 0 aromatic heterocycles. The smallest absolute Gasteiger partial charge is 0.220 e. The Balaban J connectivity index is 1.56. The van der Waals surface area contributed by atoms with Crippen LogP contribution in [0.15, 0.2) is 0 Å². The van der Waals surface area contributed by atoms with Crippen LogP contribution >= 0.6 is 0 Å². The molecule has 0 unspecified atom stereocenters. The molecule has 0 radical (unpaired) electrons. The van der Waals surface area contributed by atoms with Gasteiger partial charge in [0.2, 0.25) is 5.91 Å². The Kier molecular flexibility index (Phi) is 3.29. The minimum atomic E-state index is 0.224. The maximum atomic E-state index is 11.5. The van der Waals surface area contributed by atoms with Crippen LogP contribution in [0, 0.1) is 11.3 Å². The molecule has 86 valence electrons. The van der Waals surface area contributed by atoms with E-state index in [-0.39, 0.29) is 11.3 Å². The highest BCUT2D eigenvalue weighted by atomic mass is 16.1. The van der Waals surface area contributed by atoms with Crippen LogP contribution in [0.3, 0.4) is 0 Å². The van der Waals surface area contributed by atoms with Gasteiger partial charge < -0.3 is 11.1 Å². The molecule has 0 atom stereocenters. The second-order valence-corrected chi connectivity index (χ2v) is 5.32. The average Bonchev–Trinajstić information content (AvgIpc) is 2.93. The van der Waals surface area contributed by atoms with E-state index in [0.717, 1.165) is 25.4 Å². The molecule has 1 amide bonds. The summed E-state index contributed by atoms with van der Waals surface area (Å²) in [5, 5.41) is 3.02. The van der Waals surface area contributed by atoms with Crippen molar-refractivity contribution in [2.24, 2.45) is 17.1 Å². The van der Waals surface area contributed by atoms with Gasteiger partial charge in [0.1, 0.15) is 0 Å². The Bertz CT molecular complexity index is 232. The van der Waals surface area contributed by atoms with Crippen molar-refractivity contribution in [2.75, 3.05) is 13.1 Å². The van der Waals surface area contributed by atoms with E-state index in [1.807, 2.05) is 0 Å². The van der Waals surface area contributed by atoms with Gasteiger partial charge in [0.15, 0.2) is 0 Å². The third-order valence-corrected chi connectivity index (χ3v) is 4.06. The van der Waals surface area contributed by atoms with Gasteiger partial charge in [0, 0.05) is 13.0 Å². The maximum absolute atomic E-state index is 11.5. The van der Waals surface area contributed by atoms with Crippen molar-refractivity contribution in [3.8, 4) is 0 Å². The first kappa shape index (κ1) is 10.9. The molecule has 0 aromatic carbocycles. The Hall–Kier alpha value is -0.570. The van der Waals surface area contributed by atoms with Crippen LogP contribution in [0.25, 0.3) is 0 Å². The van der Waals surface area contributed by atoms with Gasteiger partial charge in [-0.25, -0.2) is 0 Å². The highest BCUT2D eigenvalue weighted by molar-refractivity contribution is 5.75. The van der Waals surface area contributed by atoms with Gasteiger partial charge in [-0.05, 0) is 37.1 Å². The lowest BCUT2D eigenvalue weighted by Crippen LogP contribution is -2.34.